The van der Waals surface area contributed by atoms with Crippen molar-refractivity contribution >= 4 is 23.0 Å². The first kappa shape index (κ1) is 13.1. The molecule has 104 valence electrons. The number of amidine groups is 1. The van der Waals surface area contributed by atoms with Gasteiger partial charge in [0.2, 0.25) is 0 Å². The topological polar surface area (TPSA) is 78.9 Å². The molecular weight excluding hydrogens is 270 g/mol. The highest BCUT2D eigenvalue weighted by Gasteiger charge is 2.20. The second-order valence-corrected chi connectivity index (χ2v) is 5.79. The van der Waals surface area contributed by atoms with E-state index in [4.69, 9.17) is 16.1 Å². The number of aryl methyl sites for hydroxylation is 2. The van der Waals surface area contributed by atoms with Gasteiger partial charge in [-0.1, -0.05) is 0 Å². The number of thiazole rings is 1. The van der Waals surface area contributed by atoms with Gasteiger partial charge < -0.3 is 10.6 Å². The summed E-state index contributed by atoms with van der Waals surface area (Å²) in [4.78, 5) is 11.0. The van der Waals surface area contributed by atoms with E-state index in [-0.39, 0.29) is 5.84 Å². The van der Waals surface area contributed by atoms with Gasteiger partial charge in [0.25, 0.3) is 0 Å². The molecule has 2 aromatic rings. The zero-order valence-corrected chi connectivity index (χ0v) is 12.2. The summed E-state index contributed by atoms with van der Waals surface area (Å²) in [7, 11) is 1.97. The Labute approximate surface area is 122 Å². The quantitative estimate of drug-likeness (QED) is 0.665. The highest BCUT2D eigenvalue weighted by Crippen LogP contribution is 2.27. The molecule has 0 atom stereocenters. The lowest BCUT2D eigenvalue weighted by Gasteiger charge is -2.21. The molecule has 0 radical (unpaired) electrons. The Kier molecular flexibility index (Phi) is 3.40. The molecule has 6 heteroatoms. The second-order valence-electron chi connectivity index (χ2n) is 5.07. The molecule has 0 aromatic carbocycles. The standard InChI is InChI=1S/C14H17N5S/c1-19(6-10-7-20-8-17-10)14-11(13(15)16)5-9-3-2-4-12(9)18-14/h5,7-8H,2-4,6H2,1H3,(H3,15,16). The number of aromatic nitrogens is 2. The van der Waals surface area contributed by atoms with E-state index >= 15 is 0 Å². The summed E-state index contributed by atoms with van der Waals surface area (Å²) < 4.78 is 0. The van der Waals surface area contributed by atoms with E-state index in [2.05, 4.69) is 4.98 Å². The molecule has 0 spiro atoms. The lowest BCUT2D eigenvalue weighted by Crippen LogP contribution is -2.24. The fourth-order valence-electron chi connectivity index (χ4n) is 2.58. The minimum absolute atomic E-state index is 0.0762. The van der Waals surface area contributed by atoms with Crippen LogP contribution in [-0.2, 0) is 19.4 Å². The number of rotatable bonds is 4. The van der Waals surface area contributed by atoms with Crippen LogP contribution in [-0.4, -0.2) is 22.9 Å². The molecule has 0 saturated carbocycles. The van der Waals surface area contributed by atoms with Gasteiger partial charge in [0, 0.05) is 18.1 Å². The van der Waals surface area contributed by atoms with E-state index in [1.165, 1.54) is 5.56 Å². The Morgan fingerprint density at radius 1 is 1.50 bits per heavy atom. The van der Waals surface area contributed by atoms with Gasteiger partial charge in [0.1, 0.15) is 11.7 Å². The average molecular weight is 287 g/mol. The third-order valence-electron chi connectivity index (χ3n) is 3.57. The van der Waals surface area contributed by atoms with Gasteiger partial charge in [-0.15, -0.1) is 11.3 Å². The molecule has 0 unspecified atom stereocenters. The Hall–Kier alpha value is -1.95. The number of nitrogens with one attached hydrogen (secondary N) is 1. The molecule has 3 N–H and O–H groups in total. The molecule has 0 amide bonds. The third kappa shape index (κ3) is 2.38. The summed E-state index contributed by atoms with van der Waals surface area (Å²) >= 11 is 1.58. The van der Waals surface area contributed by atoms with Crippen molar-refractivity contribution in [3.8, 4) is 0 Å². The Morgan fingerprint density at radius 3 is 3.05 bits per heavy atom. The van der Waals surface area contributed by atoms with E-state index in [1.54, 1.807) is 11.3 Å². The molecule has 1 aliphatic rings. The Bertz CT molecular complexity index is 635. The van der Waals surface area contributed by atoms with Crippen molar-refractivity contribution in [3.05, 3.63) is 39.5 Å². The summed E-state index contributed by atoms with van der Waals surface area (Å²) in [6.45, 7) is 0.676. The van der Waals surface area contributed by atoms with Crippen molar-refractivity contribution in [2.45, 2.75) is 25.8 Å². The van der Waals surface area contributed by atoms with E-state index in [0.29, 0.717) is 6.54 Å². The number of anilines is 1. The van der Waals surface area contributed by atoms with E-state index in [0.717, 1.165) is 42.0 Å². The predicted octanol–water partition coefficient (Wildman–Crippen LogP) is 1.95. The highest BCUT2D eigenvalue weighted by atomic mass is 32.1. The van der Waals surface area contributed by atoms with Crippen molar-refractivity contribution < 1.29 is 0 Å². The zero-order valence-electron chi connectivity index (χ0n) is 11.4. The number of nitrogens with two attached hydrogens (primary N) is 1. The van der Waals surface area contributed by atoms with Crippen LogP contribution in [0.5, 0.6) is 0 Å². The molecule has 20 heavy (non-hydrogen) atoms. The van der Waals surface area contributed by atoms with Crippen molar-refractivity contribution in [2.24, 2.45) is 5.73 Å². The van der Waals surface area contributed by atoms with Gasteiger partial charge in [-0.2, -0.15) is 0 Å². The van der Waals surface area contributed by atoms with Crippen LogP contribution in [0.25, 0.3) is 0 Å². The molecule has 0 aliphatic heterocycles. The van der Waals surface area contributed by atoms with Crippen LogP contribution in [0.2, 0.25) is 0 Å². The maximum absolute atomic E-state index is 7.78. The fourth-order valence-corrected chi connectivity index (χ4v) is 3.13. The summed E-state index contributed by atoms with van der Waals surface area (Å²) in [5.41, 5.74) is 11.7. The Morgan fingerprint density at radius 2 is 2.35 bits per heavy atom. The zero-order chi connectivity index (χ0) is 14.1. The number of hydrogen-bond acceptors (Lipinski definition) is 5. The predicted molar refractivity (Wildman–Crippen MR) is 81.5 cm³/mol. The van der Waals surface area contributed by atoms with Gasteiger partial charge in [0.15, 0.2) is 0 Å². The molecule has 1 aliphatic carbocycles. The van der Waals surface area contributed by atoms with Crippen LogP contribution in [0.4, 0.5) is 5.82 Å². The number of nitrogens with zero attached hydrogens (tertiary/aromatic N) is 3. The summed E-state index contributed by atoms with van der Waals surface area (Å²) in [5.74, 6) is 0.860. The number of pyridine rings is 1. The molecule has 2 aromatic heterocycles. The van der Waals surface area contributed by atoms with Crippen molar-refractivity contribution in [1.82, 2.24) is 9.97 Å². The number of hydrogen-bond donors (Lipinski definition) is 2. The fraction of sp³-hybridized carbons (Fsp3) is 0.357. The summed E-state index contributed by atoms with van der Waals surface area (Å²) in [5, 5.41) is 9.80. The van der Waals surface area contributed by atoms with Crippen LogP contribution < -0.4 is 10.6 Å². The van der Waals surface area contributed by atoms with Gasteiger partial charge in [-0.25, -0.2) is 9.97 Å². The molecule has 0 saturated heterocycles. The lowest BCUT2D eigenvalue weighted by molar-refractivity contribution is 0.857. The second kappa shape index (κ2) is 5.20. The average Bonchev–Trinajstić information content (AvgIpc) is 3.06. The smallest absolute Gasteiger partial charge is 0.139 e. The minimum atomic E-state index is 0.0762. The third-order valence-corrected chi connectivity index (χ3v) is 4.20. The first-order chi connectivity index (χ1) is 9.65. The van der Waals surface area contributed by atoms with E-state index < -0.39 is 0 Å². The van der Waals surface area contributed by atoms with Gasteiger partial charge in [-0.3, -0.25) is 5.41 Å². The molecule has 0 bridgehead atoms. The number of nitrogen functional groups attached to an aromatic ring is 1. The number of fused-ring (bicyclic) bond motifs is 1. The maximum Gasteiger partial charge on any atom is 0.139 e. The highest BCUT2D eigenvalue weighted by molar-refractivity contribution is 7.07. The van der Waals surface area contributed by atoms with Crippen molar-refractivity contribution in [2.75, 3.05) is 11.9 Å². The molecule has 2 heterocycles. The SMILES string of the molecule is CN(Cc1cscn1)c1nc2c(cc1C(=N)N)CCC2. The first-order valence-corrected chi connectivity index (χ1v) is 7.55. The summed E-state index contributed by atoms with van der Waals surface area (Å²) in [6, 6.07) is 2.03. The maximum atomic E-state index is 7.78. The monoisotopic (exact) mass is 287 g/mol. The Balaban J connectivity index is 1.96. The summed E-state index contributed by atoms with van der Waals surface area (Å²) in [6.07, 6.45) is 3.20. The molecule has 5 nitrogen and oxygen atoms in total. The van der Waals surface area contributed by atoms with Crippen LogP contribution in [0.3, 0.4) is 0 Å². The first-order valence-electron chi connectivity index (χ1n) is 6.60. The van der Waals surface area contributed by atoms with Gasteiger partial charge in [0.05, 0.1) is 23.3 Å². The van der Waals surface area contributed by atoms with Crippen molar-refractivity contribution in [3.63, 3.8) is 0 Å². The van der Waals surface area contributed by atoms with Gasteiger partial charge >= 0.3 is 0 Å². The van der Waals surface area contributed by atoms with E-state index in [1.807, 2.05) is 28.9 Å². The van der Waals surface area contributed by atoms with Crippen LogP contribution in [0, 0.1) is 5.41 Å². The minimum Gasteiger partial charge on any atom is -0.384 e. The van der Waals surface area contributed by atoms with Crippen LogP contribution in [0.1, 0.15) is 28.9 Å². The van der Waals surface area contributed by atoms with Gasteiger partial charge in [-0.05, 0) is 30.9 Å². The normalized spacial score (nSPS) is 13.2. The van der Waals surface area contributed by atoms with Crippen LogP contribution >= 0.6 is 11.3 Å². The molecule has 3 rings (SSSR count). The largest absolute Gasteiger partial charge is 0.384 e. The van der Waals surface area contributed by atoms with Crippen LogP contribution in [0.15, 0.2) is 17.0 Å². The molecule has 0 fully saturated rings. The lowest BCUT2D eigenvalue weighted by atomic mass is 10.1. The molecular formula is C14H17N5S. The van der Waals surface area contributed by atoms with Crippen molar-refractivity contribution in [1.29, 1.82) is 5.41 Å². The van der Waals surface area contributed by atoms with E-state index in [9.17, 15) is 0 Å².